The van der Waals surface area contributed by atoms with Crippen LogP contribution in [0.5, 0.6) is 5.75 Å². The van der Waals surface area contributed by atoms with Gasteiger partial charge in [0.1, 0.15) is 18.9 Å². The van der Waals surface area contributed by atoms with Crippen LogP contribution in [-0.2, 0) is 16.0 Å². The number of fused-ring (bicyclic) bond motifs is 1. The molecular weight excluding hydrogens is 438 g/mol. The molecule has 1 N–H and O–H groups in total. The first-order valence-electron chi connectivity index (χ1n) is 11.7. The number of hydrogen-bond acceptors (Lipinski definition) is 5. The van der Waals surface area contributed by atoms with Crippen molar-refractivity contribution in [1.82, 2.24) is 15.1 Å². The molecule has 0 spiro atoms. The summed E-state index contributed by atoms with van der Waals surface area (Å²) in [6, 6.07) is 9.65. The van der Waals surface area contributed by atoms with Crippen molar-refractivity contribution in [3.63, 3.8) is 0 Å². The van der Waals surface area contributed by atoms with Gasteiger partial charge in [0, 0.05) is 31.1 Å². The highest BCUT2D eigenvalue weighted by atomic mass is 32.1. The lowest BCUT2D eigenvalue weighted by Crippen LogP contribution is -2.51. The molecule has 2 aliphatic heterocycles. The van der Waals surface area contributed by atoms with Gasteiger partial charge in [0.2, 0.25) is 5.91 Å². The van der Waals surface area contributed by atoms with Gasteiger partial charge in [-0.3, -0.25) is 4.79 Å². The third-order valence-electron chi connectivity index (χ3n) is 6.23. The number of hydrogen-bond donors (Lipinski definition) is 1. The van der Waals surface area contributed by atoms with Crippen molar-refractivity contribution >= 4 is 23.3 Å². The zero-order chi connectivity index (χ0) is 23.2. The van der Waals surface area contributed by atoms with Gasteiger partial charge in [-0.1, -0.05) is 17.7 Å². The molecule has 2 aromatic rings. The summed E-state index contributed by atoms with van der Waals surface area (Å²) in [5, 5.41) is 4.92. The molecule has 178 valence electrons. The zero-order valence-electron chi connectivity index (χ0n) is 19.4. The summed E-state index contributed by atoms with van der Waals surface area (Å²) < 4.78 is 11.8. The summed E-state index contributed by atoms with van der Waals surface area (Å²) >= 11 is 1.73. The van der Waals surface area contributed by atoms with Crippen LogP contribution in [0.25, 0.3) is 0 Å². The van der Waals surface area contributed by atoms with Crippen molar-refractivity contribution in [2.75, 3.05) is 39.4 Å². The Bertz CT molecular complexity index is 939. The quantitative estimate of drug-likeness (QED) is 0.636. The lowest BCUT2D eigenvalue weighted by molar-refractivity contribution is -0.135. The van der Waals surface area contributed by atoms with Crippen LogP contribution in [0.3, 0.4) is 0 Å². The number of thiophene rings is 1. The number of carbonyl (C=O) groups excluding carboxylic acids is 2. The second-order valence-corrected chi connectivity index (χ2v) is 9.63. The van der Waals surface area contributed by atoms with E-state index >= 15 is 0 Å². The average molecular weight is 472 g/mol. The molecule has 33 heavy (non-hydrogen) atoms. The third-order valence-corrected chi connectivity index (χ3v) is 7.23. The number of amides is 3. The molecule has 0 saturated carbocycles. The molecule has 4 rings (SSSR count). The van der Waals surface area contributed by atoms with Crippen molar-refractivity contribution in [2.45, 2.75) is 45.3 Å². The van der Waals surface area contributed by atoms with Crippen LogP contribution in [0.4, 0.5) is 4.79 Å². The first kappa shape index (κ1) is 23.6. The average Bonchev–Trinajstić information content (AvgIpc) is 3.50. The van der Waals surface area contributed by atoms with Gasteiger partial charge in [0.05, 0.1) is 12.1 Å². The number of benzene rings is 1. The smallest absolute Gasteiger partial charge is 0.317 e. The molecule has 0 radical (unpaired) electrons. The number of ether oxygens (including phenoxy) is 2. The van der Waals surface area contributed by atoms with Crippen molar-refractivity contribution in [3.05, 3.63) is 51.7 Å². The van der Waals surface area contributed by atoms with Gasteiger partial charge in [0.25, 0.3) is 0 Å². The van der Waals surface area contributed by atoms with E-state index in [1.54, 1.807) is 16.2 Å². The third kappa shape index (κ3) is 5.86. The molecule has 3 heterocycles. The summed E-state index contributed by atoms with van der Waals surface area (Å²) in [4.78, 5) is 31.0. The highest BCUT2D eigenvalue weighted by molar-refractivity contribution is 7.10. The van der Waals surface area contributed by atoms with Gasteiger partial charge in [-0.25, -0.2) is 4.79 Å². The molecule has 3 amide bonds. The minimum absolute atomic E-state index is 0.00842. The summed E-state index contributed by atoms with van der Waals surface area (Å²) in [6.07, 6.45) is 2.73. The number of aryl methyl sites for hydroxylation is 1. The molecule has 2 aliphatic rings. The van der Waals surface area contributed by atoms with E-state index in [-0.39, 0.29) is 30.6 Å². The molecule has 1 fully saturated rings. The lowest BCUT2D eigenvalue weighted by atomic mass is 10.0. The first-order valence-corrected chi connectivity index (χ1v) is 12.6. The van der Waals surface area contributed by atoms with Gasteiger partial charge in [-0.15, -0.1) is 11.3 Å². The van der Waals surface area contributed by atoms with Gasteiger partial charge >= 0.3 is 6.03 Å². The molecule has 7 nitrogen and oxygen atoms in total. The van der Waals surface area contributed by atoms with Crippen molar-refractivity contribution in [2.24, 2.45) is 0 Å². The molecule has 8 heteroatoms. The molecule has 2 atom stereocenters. The van der Waals surface area contributed by atoms with E-state index < -0.39 is 0 Å². The fourth-order valence-electron chi connectivity index (χ4n) is 4.45. The van der Waals surface area contributed by atoms with Gasteiger partial charge in [-0.05, 0) is 62.3 Å². The maximum absolute atomic E-state index is 13.5. The lowest BCUT2D eigenvalue weighted by Gasteiger charge is -2.37. The van der Waals surface area contributed by atoms with E-state index in [1.165, 1.54) is 10.4 Å². The first-order chi connectivity index (χ1) is 16.0. The second-order valence-electron chi connectivity index (χ2n) is 8.63. The Morgan fingerprint density at radius 2 is 2.09 bits per heavy atom. The topological polar surface area (TPSA) is 71.1 Å². The number of nitrogens with zero attached hydrogens (tertiary/aromatic N) is 2. The zero-order valence-corrected chi connectivity index (χ0v) is 20.2. The predicted octanol–water partition coefficient (Wildman–Crippen LogP) is 3.77. The normalized spacial score (nSPS) is 19.8. The van der Waals surface area contributed by atoms with Crippen LogP contribution in [-0.4, -0.2) is 67.2 Å². The van der Waals surface area contributed by atoms with Crippen LogP contribution < -0.4 is 10.1 Å². The van der Waals surface area contributed by atoms with E-state index in [4.69, 9.17) is 9.47 Å². The van der Waals surface area contributed by atoms with E-state index in [9.17, 15) is 9.59 Å². The monoisotopic (exact) mass is 471 g/mol. The minimum atomic E-state index is -0.220. The van der Waals surface area contributed by atoms with Crippen LogP contribution in [0.2, 0.25) is 0 Å². The van der Waals surface area contributed by atoms with Crippen LogP contribution in [0, 0.1) is 6.92 Å². The number of carbonyl (C=O) groups is 2. The standard InChI is InChI=1S/C25H33N3O4S/c1-3-26-25(30)27(15-20-5-4-13-31-20)16-24(29)28-12-10-23-21(11-14-33-23)22(28)17-32-19-8-6-18(2)7-9-19/h6-9,11,14,20,22H,3-5,10,12-13,15-17H2,1-2H3,(H,26,30)/t20-,22+/m1/s1. The second kappa shape index (κ2) is 11.0. The van der Waals surface area contributed by atoms with E-state index in [1.807, 2.05) is 43.0 Å². The van der Waals surface area contributed by atoms with E-state index in [0.29, 0.717) is 32.8 Å². The minimum Gasteiger partial charge on any atom is -0.491 e. The van der Waals surface area contributed by atoms with E-state index in [0.717, 1.165) is 30.6 Å². The van der Waals surface area contributed by atoms with Crippen LogP contribution >= 0.6 is 11.3 Å². The number of rotatable bonds is 8. The van der Waals surface area contributed by atoms with Crippen molar-refractivity contribution in [3.8, 4) is 5.75 Å². The van der Waals surface area contributed by atoms with Gasteiger partial charge in [0.15, 0.2) is 0 Å². The number of nitrogens with one attached hydrogen (secondary N) is 1. The molecule has 1 aromatic heterocycles. The Labute approximate surface area is 199 Å². The molecule has 1 saturated heterocycles. The maximum atomic E-state index is 13.5. The molecule has 1 aromatic carbocycles. The SMILES string of the molecule is CCNC(=O)N(CC(=O)N1CCc2sccc2[C@@H]1COc1ccc(C)cc1)C[C@H]1CCCO1. The van der Waals surface area contributed by atoms with Crippen molar-refractivity contribution in [1.29, 1.82) is 0 Å². The molecular formula is C25H33N3O4S. The Morgan fingerprint density at radius 3 is 2.82 bits per heavy atom. The Hall–Kier alpha value is -2.58. The van der Waals surface area contributed by atoms with Gasteiger partial charge in [-0.2, -0.15) is 0 Å². The van der Waals surface area contributed by atoms with Crippen LogP contribution in [0.15, 0.2) is 35.7 Å². The summed E-state index contributed by atoms with van der Waals surface area (Å²) in [7, 11) is 0. The summed E-state index contributed by atoms with van der Waals surface area (Å²) in [5.74, 6) is 0.728. The Kier molecular flexibility index (Phi) is 7.88. The Balaban J connectivity index is 1.48. The highest BCUT2D eigenvalue weighted by Crippen LogP contribution is 2.34. The Morgan fingerprint density at radius 1 is 1.27 bits per heavy atom. The highest BCUT2D eigenvalue weighted by Gasteiger charge is 2.34. The predicted molar refractivity (Wildman–Crippen MR) is 129 cm³/mol. The summed E-state index contributed by atoms with van der Waals surface area (Å²) in [6.45, 7) is 6.62. The molecule has 0 unspecified atom stereocenters. The van der Waals surface area contributed by atoms with Crippen molar-refractivity contribution < 1.29 is 19.1 Å². The summed E-state index contributed by atoms with van der Waals surface area (Å²) in [5.41, 5.74) is 2.32. The maximum Gasteiger partial charge on any atom is 0.317 e. The molecule has 0 aliphatic carbocycles. The van der Waals surface area contributed by atoms with Crippen LogP contribution in [0.1, 0.15) is 41.8 Å². The largest absolute Gasteiger partial charge is 0.491 e. The molecule has 0 bridgehead atoms. The fraction of sp³-hybridized carbons (Fsp3) is 0.520. The van der Waals surface area contributed by atoms with Gasteiger partial charge < -0.3 is 24.6 Å². The number of urea groups is 1. The fourth-order valence-corrected chi connectivity index (χ4v) is 5.38. The van der Waals surface area contributed by atoms with E-state index in [2.05, 4.69) is 16.8 Å².